The van der Waals surface area contributed by atoms with Crippen molar-refractivity contribution in [3.05, 3.63) is 18.0 Å². The average Bonchev–Trinajstić information content (AvgIpc) is 2.89. The zero-order valence-corrected chi connectivity index (χ0v) is 10.1. The lowest BCUT2D eigenvalue weighted by molar-refractivity contribution is 0.530. The van der Waals surface area contributed by atoms with Crippen molar-refractivity contribution in [3.63, 3.8) is 0 Å². The number of hydrogen-bond acceptors (Lipinski definition) is 3. The highest BCUT2D eigenvalue weighted by Gasteiger charge is 2.32. The van der Waals surface area contributed by atoms with E-state index in [0.717, 1.165) is 13.1 Å². The number of nitrogens with zero attached hydrogens (tertiary/aromatic N) is 1. The van der Waals surface area contributed by atoms with Gasteiger partial charge in [-0.2, -0.15) is 16.9 Å². The molecule has 0 unspecified atom stereocenters. The molecule has 1 heterocycles. The summed E-state index contributed by atoms with van der Waals surface area (Å²) < 4.78 is 0.500. The maximum Gasteiger partial charge on any atom is 0.0490 e. The Morgan fingerprint density at radius 1 is 1.53 bits per heavy atom. The van der Waals surface area contributed by atoms with Gasteiger partial charge in [-0.3, -0.25) is 5.10 Å². The molecule has 84 valence electrons. The normalized spacial score (nSPS) is 19.5. The van der Waals surface area contributed by atoms with Crippen molar-refractivity contribution in [1.29, 1.82) is 0 Å². The van der Waals surface area contributed by atoms with Gasteiger partial charge >= 0.3 is 0 Å². The first-order chi connectivity index (χ1) is 7.35. The van der Waals surface area contributed by atoms with Gasteiger partial charge in [0.15, 0.2) is 0 Å². The maximum atomic E-state index is 3.94. The van der Waals surface area contributed by atoms with E-state index < -0.39 is 0 Å². The molecule has 0 saturated heterocycles. The first-order valence-corrected chi connectivity index (χ1v) is 6.81. The van der Waals surface area contributed by atoms with Crippen LogP contribution in [0.2, 0.25) is 0 Å². The predicted octanol–water partition coefficient (Wildman–Crippen LogP) is 2.18. The topological polar surface area (TPSA) is 40.7 Å². The van der Waals surface area contributed by atoms with Gasteiger partial charge in [-0.1, -0.05) is 12.8 Å². The molecule has 1 aliphatic rings. The van der Waals surface area contributed by atoms with E-state index in [-0.39, 0.29) is 0 Å². The van der Waals surface area contributed by atoms with Crippen molar-refractivity contribution in [2.24, 2.45) is 0 Å². The molecule has 1 saturated carbocycles. The minimum absolute atomic E-state index is 0.500. The zero-order chi connectivity index (χ0) is 10.6. The molecule has 0 atom stereocenters. The van der Waals surface area contributed by atoms with Crippen LogP contribution < -0.4 is 5.32 Å². The second-order valence-corrected chi connectivity index (χ2v) is 5.55. The predicted molar refractivity (Wildman–Crippen MR) is 65.0 cm³/mol. The molecule has 1 aromatic heterocycles. The number of hydrogen-bond donors (Lipinski definition) is 2. The molecule has 2 N–H and O–H groups in total. The van der Waals surface area contributed by atoms with Gasteiger partial charge in [0.05, 0.1) is 0 Å². The summed E-state index contributed by atoms with van der Waals surface area (Å²) in [4.78, 5) is 0. The smallest absolute Gasteiger partial charge is 0.0490 e. The lowest BCUT2D eigenvalue weighted by atomic mass is 10.1. The van der Waals surface area contributed by atoms with Crippen molar-refractivity contribution in [2.45, 2.75) is 37.0 Å². The monoisotopic (exact) mass is 225 g/mol. The van der Waals surface area contributed by atoms with Crippen molar-refractivity contribution >= 4 is 11.8 Å². The summed E-state index contributed by atoms with van der Waals surface area (Å²) in [5.74, 6) is 0. The number of nitrogens with one attached hydrogen (secondary N) is 2. The van der Waals surface area contributed by atoms with Crippen molar-refractivity contribution in [1.82, 2.24) is 15.5 Å². The maximum absolute atomic E-state index is 3.94. The summed E-state index contributed by atoms with van der Waals surface area (Å²) >= 11 is 2.03. The van der Waals surface area contributed by atoms with Crippen LogP contribution in [0.4, 0.5) is 0 Å². The Morgan fingerprint density at radius 2 is 2.33 bits per heavy atom. The second-order valence-electron chi connectivity index (χ2n) is 4.28. The minimum atomic E-state index is 0.500. The Kier molecular flexibility index (Phi) is 3.70. The number of aromatic amines is 1. The summed E-state index contributed by atoms with van der Waals surface area (Å²) in [5, 5.41) is 10.4. The standard InChI is InChI=1S/C11H19N3S/c1-15-11(5-2-3-6-11)9-12-8-10-4-7-13-14-10/h4,7,12H,2-3,5-6,8-9H2,1H3,(H,13,14). The highest BCUT2D eigenvalue weighted by atomic mass is 32.2. The van der Waals surface area contributed by atoms with Crippen LogP contribution in [0.1, 0.15) is 31.4 Å². The van der Waals surface area contributed by atoms with E-state index in [4.69, 9.17) is 0 Å². The van der Waals surface area contributed by atoms with E-state index in [2.05, 4.69) is 21.8 Å². The zero-order valence-electron chi connectivity index (χ0n) is 9.25. The molecule has 0 spiro atoms. The number of rotatable bonds is 5. The quantitative estimate of drug-likeness (QED) is 0.807. The fourth-order valence-electron chi connectivity index (χ4n) is 2.28. The number of aromatic nitrogens is 2. The molecule has 1 fully saturated rings. The molecule has 0 bridgehead atoms. The molecule has 0 amide bonds. The minimum Gasteiger partial charge on any atom is -0.310 e. The van der Waals surface area contributed by atoms with E-state index in [1.807, 2.05) is 17.8 Å². The summed E-state index contributed by atoms with van der Waals surface area (Å²) in [6, 6.07) is 2.02. The molecule has 0 aliphatic heterocycles. The molecule has 1 aromatic rings. The van der Waals surface area contributed by atoms with Crippen LogP contribution in [0.25, 0.3) is 0 Å². The van der Waals surface area contributed by atoms with Crippen LogP contribution in [0.5, 0.6) is 0 Å². The fraction of sp³-hybridized carbons (Fsp3) is 0.727. The van der Waals surface area contributed by atoms with E-state index in [1.54, 1.807) is 6.20 Å². The SMILES string of the molecule is CSC1(CNCc2ccn[nH]2)CCCC1. The molecule has 0 radical (unpaired) electrons. The van der Waals surface area contributed by atoms with E-state index in [1.165, 1.54) is 31.4 Å². The Balaban J connectivity index is 1.77. The van der Waals surface area contributed by atoms with Gasteiger partial charge < -0.3 is 5.32 Å². The molecular formula is C11H19N3S. The molecule has 2 rings (SSSR count). The Bertz CT molecular complexity index is 278. The van der Waals surface area contributed by atoms with Crippen LogP contribution in [0.3, 0.4) is 0 Å². The third-order valence-corrected chi connectivity index (χ3v) is 4.69. The van der Waals surface area contributed by atoms with Gasteiger partial charge in [0, 0.05) is 29.7 Å². The largest absolute Gasteiger partial charge is 0.310 e. The molecule has 15 heavy (non-hydrogen) atoms. The Hall–Kier alpha value is -0.480. The van der Waals surface area contributed by atoms with E-state index in [9.17, 15) is 0 Å². The molecule has 0 aromatic carbocycles. The average molecular weight is 225 g/mol. The van der Waals surface area contributed by atoms with Gasteiger partial charge in [0.25, 0.3) is 0 Å². The lowest BCUT2D eigenvalue weighted by Gasteiger charge is -2.26. The van der Waals surface area contributed by atoms with Crippen LogP contribution in [-0.4, -0.2) is 27.7 Å². The van der Waals surface area contributed by atoms with Crippen LogP contribution in [-0.2, 0) is 6.54 Å². The van der Waals surface area contributed by atoms with Crippen molar-refractivity contribution in [3.8, 4) is 0 Å². The molecule has 4 heteroatoms. The Labute approximate surface area is 95.4 Å². The fourth-order valence-corrected chi connectivity index (χ4v) is 3.22. The lowest BCUT2D eigenvalue weighted by Crippen LogP contribution is -2.34. The third-order valence-electron chi connectivity index (χ3n) is 3.27. The van der Waals surface area contributed by atoms with Crippen LogP contribution in [0, 0.1) is 0 Å². The molecule has 3 nitrogen and oxygen atoms in total. The molecule has 1 aliphatic carbocycles. The van der Waals surface area contributed by atoms with Crippen molar-refractivity contribution in [2.75, 3.05) is 12.8 Å². The van der Waals surface area contributed by atoms with E-state index >= 15 is 0 Å². The van der Waals surface area contributed by atoms with E-state index in [0.29, 0.717) is 4.75 Å². The van der Waals surface area contributed by atoms with Crippen LogP contribution >= 0.6 is 11.8 Å². The van der Waals surface area contributed by atoms with Gasteiger partial charge in [-0.15, -0.1) is 0 Å². The summed E-state index contributed by atoms with van der Waals surface area (Å²) in [7, 11) is 0. The highest BCUT2D eigenvalue weighted by Crippen LogP contribution is 2.39. The van der Waals surface area contributed by atoms with Gasteiger partial charge in [0.2, 0.25) is 0 Å². The van der Waals surface area contributed by atoms with Gasteiger partial charge in [0.1, 0.15) is 0 Å². The van der Waals surface area contributed by atoms with Gasteiger partial charge in [-0.05, 0) is 25.2 Å². The number of H-pyrrole nitrogens is 1. The van der Waals surface area contributed by atoms with Crippen molar-refractivity contribution < 1.29 is 0 Å². The summed E-state index contributed by atoms with van der Waals surface area (Å²) in [5.41, 5.74) is 1.17. The Morgan fingerprint density at radius 3 is 2.93 bits per heavy atom. The molecular weight excluding hydrogens is 206 g/mol. The summed E-state index contributed by atoms with van der Waals surface area (Å²) in [6.45, 7) is 2.02. The third kappa shape index (κ3) is 2.75. The van der Waals surface area contributed by atoms with Crippen LogP contribution in [0.15, 0.2) is 12.3 Å². The highest BCUT2D eigenvalue weighted by molar-refractivity contribution is 8.00. The first-order valence-electron chi connectivity index (χ1n) is 5.59. The second kappa shape index (κ2) is 5.03. The summed E-state index contributed by atoms with van der Waals surface area (Å²) in [6.07, 6.45) is 9.56. The number of thioether (sulfide) groups is 1. The van der Waals surface area contributed by atoms with Gasteiger partial charge in [-0.25, -0.2) is 0 Å². The first kappa shape index (κ1) is 11.0.